The van der Waals surface area contributed by atoms with Crippen LogP contribution in [0.3, 0.4) is 0 Å². The van der Waals surface area contributed by atoms with E-state index < -0.39 is 0 Å². The van der Waals surface area contributed by atoms with Gasteiger partial charge in [-0.25, -0.2) is 0 Å². The van der Waals surface area contributed by atoms with E-state index in [4.69, 9.17) is 10.1 Å². The molecule has 0 bridgehead atoms. The predicted molar refractivity (Wildman–Crippen MR) is 56.1 cm³/mol. The molecule has 3 nitrogen and oxygen atoms in total. The Hall–Kier alpha value is -0.730. The molecule has 0 radical (unpaired) electrons. The minimum absolute atomic E-state index is 0.338. The standard InChI is InChI=1S/C10H22N2O/c1-4-7-12(8-5-2)10(11)13-9-6-3/h11H,4-9H2,1-3H3. The van der Waals surface area contributed by atoms with Crippen molar-refractivity contribution in [2.24, 2.45) is 0 Å². The summed E-state index contributed by atoms with van der Waals surface area (Å²) in [5.74, 6) is 0. The van der Waals surface area contributed by atoms with Gasteiger partial charge in [-0.2, -0.15) is 0 Å². The van der Waals surface area contributed by atoms with Crippen molar-refractivity contribution in [2.75, 3.05) is 19.7 Å². The highest BCUT2D eigenvalue weighted by Crippen LogP contribution is 1.97. The summed E-state index contributed by atoms with van der Waals surface area (Å²) < 4.78 is 5.27. The number of amidine groups is 1. The molecule has 0 fully saturated rings. The van der Waals surface area contributed by atoms with Gasteiger partial charge in [-0.05, 0) is 19.3 Å². The lowest BCUT2D eigenvalue weighted by molar-refractivity contribution is 0.226. The zero-order chi connectivity index (χ0) is 10.1. The lowest BCUT2D eigenvalue weighted by atomic mass is 10.4. The number of hydrogen-bond acceptors (Lipinski definition) is 2. The zero-order valence-electron chi connectivity index (χ0n) is 9.10. The van der Waals surface area contributed by atoms with Crippen LogP contribution in [0.1, 0.15) is 40.0 Å². The van der Waals surface area contributed by atoms with Gasteiger partial charge in [-0.15, -0.1) is 0 Å². The van der Waals surface area contributed by atoms with Gasteiger partial charge in [0.25, 0.3) is 6.02 Å². The molecule has 78 valence electrons. The molecule has 0 amide bonds. The van der Waals surface area contributed by atoms with Crippen molar-refractivity contribution >= 4 is 6.02 Å². The van der Waals surface area contributed by atoms with Crippen LogP contribution in [0.15, 0.2) is 0 Å². The van der Waals surface area contributed by atoms with Gasteiger partial charge in [0.2, 0.25) is 0 Å². The first-order chi connectivity index (χ1) is 6.26. The largest absolute Gasteiger partial charge is 0.465 e. The molecular weight excluding hydrogens is 164 g/mol. The van der Waals surface area contributed by atoms with E-state index in [2.05, 4.69) is 20.8 Å². The molecule has 0 saturated carbocycles. The molecule has 0 aromatic heterocycles. The number of rotatable bonds is 6. The highest BCUT2D eigenvalue weighted by Gasteiger charge is 2.07. The molecule has 0 unspecified atom stereocenters. The summed E-state index contributed by atoms with van der Waals surface area (Å²) in [5, 5.41) is 7.66. The lowest BCUT2D eigenvalue weighted by Gasteiger charge is -2.23. The fourth-order valence-electron chi connectivity index (χ4n) is 1.14. The molecule has 0 aliphatic carbocycles. The van der Waals surface area contributed by atoms with Crippen LogP contribution in [0, 0.1) is 5.41 Å². The molecule has 13 heavy (non-hydrogen) atoms. The highest BCUT2D eigenvalue weighted by atomic mass is 16.5. The third-order valence-corrected chi connectivity index (χ3v) is 1.72. The summed E-state index contributed by atoms with van der Waals surface area (Å²) in [6.45, 7) is 8.80. The summed E-state index contributed by atoms with van der Waals surface area (Å²) in [4.78, 5) is 2.00. The molecule has 0 rings (SSSR count). The van der Waals surface area contributed by atoms with Crippen LogP contribution in [0.2, 0.25) is 0 Å². The molecule has 0 aliphatic rings. The molecule has 3 heteroatoms. The van der Waals surface area contributed by atoms with Crippen molar-refractivity contribution in [3.8, 4) is 0 Å². The normalized spacial score (nSPS) is 9.77. The Morgan fingerprint density at radius 1 is 1.08 bits per heavy atom. The number of hydrogen-bond donors (Lipinski definition) is 1. The van der Waals surface area contributed by atoms with E-state index in [9.17, 15) is 0 Å². The Balaban J connectivity index is 3.80. The molecule has 0 saturated heterocycles. The van der Waals surface area contributed by atoms with Crippen molar-refractivity contribution < 1.29 is 4.74 Å². The molecule has 0 atom stereocenters. The summed E-state index contributed by atoms with van der Waals surface area (Å²) in [6, 6.07) is 0.338. The van der Waals surface area contributed by atoms with Crippen LogP contribution in [0.5, 0.6) is 0 Å². The molecule has 0 spiro atoms. The minimum Gasteiger partial charge on any atom is -0.465 e. The second kappa shape index (κ2) is 7.90. The van der Waals surface area contributed by atoms with Crippen LogP contribution in [0.4, 0.5) is 0 Å². The molecule has 0 aliphatic heterocycles. The lowest BCUT2D eigenvalue weighted by Crippen LogP contribution is -2.33. The van der Waals surface area contributed by atoms with Crippen LogP contribution < -0.4 is 0 Å². The van der Waals surface area contributed by atoms with E-state index >= 15 is 0 Å². The monoisotopic (exact) mass is 186 g/mol. The third kappa shape index (κ3) is 5.50. The first kappa shape index (κ1) is 12.3. The number of ether oxygens (including phenoxy) is 1. The number of nitrogens with one attached hydrogen (secondary N) is 1. The SMILES string of the molecule is CCCOC(=N)N(CCC)CCC. The van der Waals surface area contributed by atoms with Gasteiger partial charge < -0.3 is 9.64 Å². The average molecular weight is 186 g/mol. The third-order valence-electron chi connectivity index (χ3n) is 1.72. The summed E-state index contributed by atoms with van der Waals surface area (Å²) in [5.41, 5.74) is 0. The van der Waals surface area contributed by atoms with Gasteiger partial charge >= 0.3 is 0 Å². The van der Waals surface area contributed by atoms with E-state index in [1.165, 1.54) is 0 Å². The predicted octanol–water partition coefficient (Wildman–Crippen LogP) is 2.47. The first-order valence-corrected chi connectivity index (χ1v) is 5.22. The van der Waals surface area contributed by atoms with Crippen LogP contribution in [-0.4, -0.2) is 30.6 Å². The fourth-order valence-corrected chi connectivity index (χ4v) is 1.14. The molecule has 0 aromatic rings. The Labute approximate surface area is 81.6 Å². The molecule has 0 aromatic carbocycles. The van der Waals surface area contributed by atoms with Crippen LogP contribution in [-0.2, 0) is 4.74 Å². The Bertz CT molecular complexity index is 131. The Morgan fingerprint density at radius 2 is 1.62 bits per heavy atom. The van der Waals surface area contributed by atoms with Gasteiger partial charge in [0, 0.05) is 13.1 Å². The topological polar surface area (TPSA) is 36.3 Å². The van der Waals surface area contributed by atoms with Crippen molar-refractivity contribution in [3.05, 3.63) is 0 Å². The minimum atomic E-state index is 0.338. The van der Waals surface area contributed by atoms with Gasteiger partial charge in [0.05, 0.1) is 6.61 Å². The summed E-state index contributed by atoms with van der Waals surface area (Å²) >= 11 is 0. The van der Waals surface area contributed by atoms with Crippen LogP contribution in [0.25, 0.3) is 0 Å². The summed E-state index contributed by atoms with van der Waals surface area (Å²) in [6.07, 6.45) is 3.10. The second-order valence-electron chi connectivity index (χ2n) is 3.14. The van der Waals surface area contributed by atoms with Gasteiger partial charge in [-0.3, -0.25) is 5.41 Å². The second-order valence-corrected chi connectivity index (χ2v) is 3.14. The van der Waals surface area contributed by atoms with E-state index in [1.807, 2.05) is 4.90 Å². The van der Waals surface area contributed by atoms with Crippen molar-refractivity contribution in [1.29, 1.82) is 5.41 Å². The first-order valence-electron chi connectivity index (χ1n) is 5.22. The van der Waals surface area contributed by atoms with Gasteiger partial charge in [0.1, 0.15) is 0 Å². The smallest absolute Gasteiger partial charge is 0.284 e. The van der Waals surface area contributed by atoms with Crippen molar-refractivity contribution in [2.45, 2.75) is 40.0 Å². The van der Waals surface area contributed by atoms with E-state index in [0.29, 0.717) is 12.6 Å². The van der Waals surface area contributed by atoms with Gasteiger partial charge in [-0.1, -0.05) is 20.8 Å². The fraction of sp³-hybridized carbons (Fsp3) is 0.900. The average Bonchev–Trinajstić information content (AvgIpc) is 2.14. The molecule has 0 heterocycles. The molecular formula is C10H22N2O. The Kier molecular flexibility index (Phi) is 7.45. The van der Waals surface area contributed by atoms with E-state index in [-0.39, 0.29) is 0 Å². The van der Waals surface area contributed by atoms with Crippen molar-refractivity contribution in [1.82, 2.24) is 4.90 Å². The van der Waals surface area contributed by atoms with Crippen molar-refractivity contribution in [3.63, 3.8) is 0 Å². The van der Waals surface area contributed by atoms with E-state index in [1.54, 1.807) is 0 Å². The zero-order valence-corrected chi connectivity index (χ0v) is 9.10. The quantitative estimate of drug-likeness (QED) is 0.511. The summed E-state index contributed by atoms with van der Waals surface area (Å²) in [7, 11) is 0. The highest BCUT2D eigenvalue weighted by molar-refractivity contribution is 5.70. The molecule has 1 N–H and O–H groups in total. The van der Waals surface area contributed by atoms with Gasteiger partial charge in [0.15, 0.2) is 0 Å². The number of nitrogens with zero attached hydrogens (tertiary/aromatic N) is 1. The van der Waals surface area contributed by atoms with E-state index in [0.717, 1.165) is 32.4 Å². The maximum atomic E-state index is 7.66. The maximum Gasteiger partial charge on any atom is 0.284 e. The van der Waals surface area contributed by atoms with Crippen LogP contribution >= 0.6 is 0 Å². The maximum absolute atomic E-state index is 7.66. The Morgan fingerprint density at radius 3 is 2.00 bits per heavy atom.